The summed E-state index contributed by atoms with van der Waals surface area (Å²) in [6.07, 6.45) is 5.90. The van der Waals surface area contributed by atoms with Crippen molar-refractivity contribution in [2.24, 2.45) is 0 Å². The van der Waals surface area contributed by atoms with E-state index in [0.717, 1.165) is 6.42 Å². The molecule has 0 aliphatic carbocycles. The van der Waals surface area contributed by atoms with E-state index in [4.69, 9.17) is 11.6 Å². The van der Waals surface area contributed by atoms with Gasteiger partial charge in [0.1, 0.15) is 0 Å². The van der Waals surface area contributed by atoms with Crippen molar-refractivity contribution in [1.82, 2.24) is 0 Å². The standard InChI is InChI=1S/C8H11ClO2S/c9-7-5-4-6-2-1-3-8(7)12(6,10)11/h1-2,6-8H,3-5H2. The monoisotopic (exact) mass is 206 g/mol. The summed E-state index contributed by atoms with van der Waals surface area (Å²) in [6, 6.07) is 0. The maximum atomic E-state index is 11.7. The molecule has 4 heteroatoms. The SMILES string of the molecule is O=S1(=O)C2C=CCC1C(Cl)CC2. The largest absolute Gasteiger partial charge is 0.228 e. The Balaban J connectivity index is 2.44. The topological polar surface area (TPSA) is 34.1 Å². The lowest BCUT2D eigenvalue weighted by atomic mass is 10.0. The van der Waals surface area contributed by atoms with E-state index in [1.807, 2.05) is 12.2 Å². The van der Waals surface area contributed by atoms with Gasteiger partial charge in [0.15, 0.2) is 9.84 Å². The number of hydrogen-bond acceptors (Lipinski definition) is 2. The second-order valence-corrected chi connectivity index (χ2v) is 6.37. The van der Waals surface area contributed by atoms with Gasteiger partial charge in [-0.1, -0.05) is 12.2 Å². The van der Waals surface area contributed by atoms with E-state index in [1.54, 1.807) is 0 Å². The highest BCUT2D eigenvalue weighted by Gasteiger charge is 2.42. The van der Waals surface area contributed by atoms with Crippen molar-refractivity contribution in [1.29, 1.82) is 0 Å². The van der Waals surface area contributed by atoms with E-state index in [-0.39, 0.29) is 15.9 Å². The fourth-order valence-electron chi connectivity index (χ4n) is 1.96. The van der Waals surface area contributed by atoms with Crippen molar-refractivity contribution in [2.45, 2.75) is 35.1 Å². The summed E-state index contributed by atoms with van der Waals surface area (Å²) in [6.45, 7) is 0. The van der Waals surface area contributed by atoms with E-state index >= 15 is 0 Å². The first-order chi connectivity index (χ1) is 5.62. The molecular weight excluding hydrogens is 196 g/mol. The van der Waals surface area contributed by atoms with Crippen LogP contribution in [0, 0.1) is 0 Å². The number of sulfone groups is 1. The molecule has 3 unspecified atom stereocenters. The van der Waals surface area contributed by atoms with Crippen LogP contribution in [0.2, 0.25) is 0 Å². The van der Waals surface area contributed by atoms with E-state index < -0.39 is 9.84 Å². The molecule has 0 radical (unpaired) electrons. The van der Waals surface area contributed by atoms with Crippen molar-refractivity contribution in [3.8, 4) is 0 Å². The molecule has 0 aromatic heterocycles. The molecule has 1 fully saturated rings. The number of fused-ring (bicyclic) bond motifs is 2. The summed E-state index contributed by atoms with van der Waals surface area (Å²) in [5.74, 6) is 0. The third-order valence-corrected chi connectivity index (χ3v) is 5.97. The molecule has 0 amide bonds. The van der Waals surface area contributed by atoms with Gasteiger partial charge in [-0.25, -0.2) is 8.42 Å². The van der Waals surface area contributed by atoms with Gasteiger partial charge in [-0.3, -0.25) is 0 Å². The zero-order chi connectivity index (χ0) is 8.77. The number of allylic oxidation sites excluding steroid dienone is 1. The highest BCUT2D eigenvalue weighted by molar-refractivity contribution is 7.93. The molecule has 2 aliphatic heterocycles. The third kappa shape index (κ3) is 1.11. The van der Waals surface area contributed by atoms with E-state index in [2.05, 4.69) is 0 Å². The highest BCUT2D eigenvalue weighted by Crippen LogP contribution is 2.35. The van der Waals surface area contributed by atoms with Gasteiger partial charge in [0.25, 0.3) is 0 Å². The van der Waals surface area contributed by atoms with Crippen LogP contribution in [0.1, 0.15) is 19.3 Å². The normalized spacial score (nSPS) is 44.2. The first-order valence-electron chi connectivity index (χ1n) is 4.16. The average Bonchev–Trinajstić information content (AvgIpc) is 1.95. The first kappa shape index (κ1) is 8.57. The summed E-state index contributed by atoms with van der Waals surface area (Å²) in [7, 11) is -2.93. The maximum absolute atomic E-state index is 11.7. The van der Waals surface area contributed by atoms with E-state index in [0.29, 0.717) is 12.8 Å². The fraction of sp³-hybridized carbons (Fsp3) is 0.750. The Labute approximate surface area is 77.5 Å². The van der Waals surface area contributed by atoms with Gasteiger partial charge in [0.2, 0.25) is 0 Å². The second kappa shape index (κ2) is 2.74. The van der Waals surface area contributed by atoms with Crippen LogP contribution in [-0.4, -0.2) is 24.3 Å². The molecule has 2 rings (SSSR count). The summed E-state index contributed by atoms with van der Waals surface area (Å²) >= 11 is 5.95. The van der Waals surface area contributed by atoms with Crippen molar-refractivity contribution in [3.05, 3.63) is 12.2 Å². The van der Waals surface area contributed by atoms with E-state index in [1.165, 1.54) is 0 Å². The van der Waals surface area contributed by atoms with Crippen LogP contribution in [0.25, 0.3) is 0 Å². The molecule has 0 aromatic rings. The molecule has 0 aromatic carbocycles. The van der Waals surface area contributed by atoms with Crippen molar-refractivity contribution >= 4 is 21.4 Å². The average molecular weight is 207 g/mol. The summed E-state index contributed by atoms with van der Waals surface area (Å²) in [4.78, 5) is 0. The predicted octanol–water partition coefficient (Wildman–Crippen LogP) is 1.50. The van der Waals surface area contributed by atoms with Gasteiger partial charge < -0.3 is 0 Å². The molecule has 12 heavy (non-hydrogen) atoms. The van der Waals surface area contributed by atoms with Crippen LogP contribution >= 0.6 is 11.6 Å². The van der Waals surface area contributed by atoms with Gasteiger partial charge in [-0.05, 0) is 19.3 Å². The number of hydrogen-bond donors (Lipinski definition) is 0. The second-order valence-electron chi connectivity index (χ2n) is 3.42. The van der Waals surface area contributed by atoms with E-state index in [9.17, 15) is 8.42 Å². The Hall–Kier alpha value is -0.0200. The zero-order valence-electron chi connectivity index (χ0n) is 6.61. The fourth-order valence-corrected chi connectivity index (χ4v) is 4.79. The zero-order valence-corrected chi connectivity index (χ0v) is 8.18. The van der Waals surface area contributed by atoms with Crippen LogP contribution in [0.4, 0.5) is 0 Å². The predicted molar refractivity (Wildman–Crippen MR) is 49.1 cm³/mol. The Morgan fingerprint density at radius 1 is 1.33 bits per heavy atom. The molecule has 2 nitrogen and oxygen atoms in total. The lowest BCUT2D eigenvalue weighted by Gasteiger charge is -2.33. The molecule has 0 N–H and O–H groups in total. The number of halogens is 1. The molecule has 2 aliphatic rings. The van der Waals surface area contributed by atoms with Crippen LogP contribution < -0.4 is 0 Å². The Bertz CT molecular complexity index is 307. The highest BCUT2D eigenvalue weighted by atomic mass is 35.5. The quantitative estimate of drug-likeness (QED) is 0.445. The van der Waals surface area contributed by atoms with Crippen LogP contribution in [0.3, 0.4) is 0 Å². The summed E-state index contributed by atoms with van der Waals surface area (Å²) in [5, 5.41) is -0.731. The Morgan fingerprint density at radius 2 is 2.08 bits per heavy atom. The smallest absolute Gasteiger partial charge is 0.161 e. The minimum Gasteiger partial charge on any atom is -0.228 e. The number of rotatable bonds is 0. The summed E-state index contributed by atoms with van der Waals surface area (Å²) in [5.41, 5.74) is 0. The molecule has 0 spiro atoms. The Kier molecular flexibility index (Phi) is 1.96. The maximum Gasteiger partial charge on any atom is 0.161 e. The van der Waals surface area contributed by atoms with Crippen molar-refractivity contribution in [3.63, 3.8) is 0 Å². The van der Waals surface area contributed by atoms with Crippen LogP contribution in [0.15, 0.2) is 12.2 Å². The van der Waals surface area contributed by atoms with Gasteiger partial charge in [-0.15, -0.1) is 11.6 Å². The Morgan fingerprint density at radius 3 is 2.75 bits per heavy atom. The van der Waals surface area contributed by atoms with Crippen LogP contribution in [-0.2, 0) is 9.84 Å². The van der Waals surface area contributed by atoms with Crippen molar-refractivity contribution < 1.29 is 8.42 Å². The molecular formula is C8H11ClO2S. The number of alkyl halides is 1. The van der Waals surface area contributed by atoms with Gasteiger partial charge in [0, 0.05) is 0 Å². The van der Waals surface area contributed by atoms with Crippen LogP contribution in [0.5, 0.6) is 0 Å². The minimum atomic E-state index is -2.93. The summed E-state index contributed by atoms with van der Waals surface area (Å²) < 4.78 is 23.3. The third-order valence-electron chi connectivity index (χ3n) is 2.69. The molecule has 1 saturated heterocycles. The van der Waals surface area contributed by atoms with Gasteiger partial charge >= 0.3 is 0 Å². The van der Waals surface area contributed by atoms with Gasteiger partial charge in [0.05, 0.1) is 15.9 Å². The molecule has 2 heterocycles. The van der Waals surface area contributed by atoms with Crippen molar-refractivity contribution in [2.75, 3.05) is 0 Å². The minimum absolute atomic E-state index is 0.170. The van der Waals surface area contributed by atoms with Gasteiger partial charge in [-0.2, -0.15) is 0 Å². The lowest BCUT2D eigenvalue weighted by Crippen LogP contribution is -2.43. The molecule has 0 saturated carbocycles. The lowest BCUT2D eigenvalue weighted by molar-refractivity contribution is 0.519. The first-order valence-corrected chi connectivity index (χ1v) is 6.20. The molecule has 2 bridgehead atoms. The molecule has 3 atom stereocenters. The molecule has 68 valence electrons.